The molecule has 118 valence electrons. The Morgan fingerprint density at radius 1 is 1.18 bits per heavy atom. The van der Waals surface area contributed by atoms with Gasteiger partial charge in [0, 0.05) is 37.2 Å². The standard InChI is InChI=1S/C20H27NO/c1-14-11-16(12-15(2)20(14)22-4)9-10-17-13-21(3)19-8-6-5-7-18(17)19/h5-8,11,13-15,20H,9-10,12H2,1-4H3/t14-,15+,20-/m1/s1. The first-order chi connectivity index (χ1) is 10.6. The van der Waals surface area contributed by atoms with Crippen LogP contribution in [-0.4, -0.2) is 17.8 Å². The van der Waals surface area contributed by atoms with Crippen molar-refractivity contribution in [3.8, 4) is 0 Å². The molecule has 1 aromatic carbocycles. The maximum absolute atomic E-state index is 5.64. The van der Waals surface area contributed by atoms with Crippen LogP contribution >= 0.6 is 0 Å². The number of allylic oxidation sites excluding steroid dienone is 1. The molecule has 0 aliphatic heterocycles. The third kappa shape index (κ3) is 2.85. The molecule has 1 aliphatic carbocycles. The van der Waals surface area contributed by atoms with Crippen LogP contribution in [-0.2, 0) is 18.2 Å². The summed E-state index contributed by atoms with van der Waals surface area (Å²) in [5.74, 6) is 1.14. The Balaban J connectivity index is 1.75. The summed E-state index contributed by atoms with van der Waals surface area (Å²) >= 11 is 0. The molecule has 2 aromatic rings. The second kappa shape index (κ2) is 6.29. The van der Waals surface area contributed by atoms with Gasteiger partial charge in [0.05, 0.1) is 6.10 Å². The van der Waals surface area contributed by atoms with Crippen LogP contribution in [0.15, 0.2) is 42.1 Å². The number of nitrogens with zero attached hydrogens (tertiary/aromatic N) is 1. The zero-order chi connectivity index (χ0) is 15.7. The molecule has 1 heterocycles. The number of para-hydroxylation sites is 1. The fraction of sp³-hybridized carbons (Fsp3) is 0.500. The third-order valence-corrected chi connectivity index (χ3v) is 5.13. The largest absolute Gasteiger partial charge is 0.381 e. The topological polar surface area (TPSA) is 14.2 Å². The van der Waals surface area contributed by atoms with E-state index in [2.05, 4.69) is 62.0 Å². The van der Waals surface area contributed by atoms with Gasteiger partial charge in [-0.2, -0.15) is 0 Å². The van der Waals surface area contributed by atoms with E-state index in [-0.39, 0.29) is 0 Å². The van der Waals surface area contributed by atoms with Crippen molar-refractivity contribution in [1.29, 1.82) is 0 Å². The first-order valence-corrected chi connectivity index (χ1v) is 8.35. The van der Waals surface area contributed by atoms with Gasteiger partial charge in [0.25, 0.3) is 0 Å². The average molecular weight is 297 g/mol. The number of aromatic nitrogens is 1. The Morgan fingerprint density at radius 3 is 2.68 bits per heavy atom. The molecule has 0 fully saturated rings. The van der Waals surface area contributed by atoms with E-state index in [1.165, 1.54) is 29.3 Å². The van der Waals surface area contributed by atoms with Crippen molar-refractivity contribution in [1.82, 2.24) is 4.57 Å². The van der Waals surface area contributed by atoms with Crippen LogP contribution in [0.3, 0.4) is 0 Å². The van der Waals surface area contributed by atoms with Crippen molar-refractivity contribution < 1.29 is 4.74 Å². The summed E-state index contributed by atoms with van der Waals surface area (Å²) in [5.41, 5.74) is 4.39. The molecule has 2 heteroatoms. The first-order valence-electron chi connectivity index (χ1n) is 8.35. The molecule has 0 unspecified atom stereocenters. The number of ether oxygens (including phenoxy) is 1. The predicted octanol–water partition coefficient (Wildman–Crippen LogP) is 4.73. The highest BCUT2D eigenvalue weighted by Gasteiger charge is 2.27. The molecule has 0 saturated heterocycles. The lowest BCUT2D eigenvalue weighted by Gasteiger charge is -2.32. The lowest BCUT2D eigenvalue weighted by molar-refractivity contribution is 0.0255. The highest BCUT2D eigenvalue weighted by Crippen LogP contribution is 2.33. The zero-order valence-corrected chi connectivity index (χ0v) is 14.2. The fourth-order valence-corrected chi connectivity index (χ4v) is 4.13. The number of rotatable bonds is 4. The van der Waals surface area contributed by atoms with Crippen LogP contribution in [0.25, 0.3) is 10.9 Å². The minimum Gasteiger partial charge on any atom is -0.381 e. The van der Waals surface area contributed by atoms with E-state index in [0.29, 0.717) is 17.9 Å². The molecule has 1 aliphatic rings. The van der Waals surface area contributed by atoms with E-state index in [0.717, 1.165) is 6.42 Å². The summed E-state index contributed by atoms with van der Waals surface area (Å²) in [6.07, 6.45) is 8.58. The Morgan fingerprint density at radius 2 is 1.95 bits per heavy atom. The minimum atomic E-state index is 0.376. The summed E-state index contributed by atoms with van der Waals surface area (Å²) in [6, 6.07) is 8.70. The van der Waals surface area contributed by atoms with Gasteiger partial charge in [0.1, 0.15) is 0 Å². The Bertz CT molecular complexity index is 682. The lowest BCUT2D eigenvalue weighted by Crippen LogP contribution is -2.30. The van der Waals surface area contributed by atoms with E-state index in [9.17, 15) is 0 Å². The monoisotopic (exact) mass is 297 g/mol. The van der Waals surface area contributed by atoms with E-state index in [4.69, 9.17) is 4.74 Å². The van der Waals surface area contributed by atoms with E-state index in [1.54, 1.807) is 5.57 Å². The smallest absolute Gasteiger partial charge is 0.0659 e. The second-order valence-electron chi connectivity index (χ2n) is 6.85. The van der Waals surface area contributed by atoms with Crippen LogP contribution in [0.4, 0.5) is 0 Å². The van der Waals surface area contributed by atoms with Gasteiger partial charge in [-0.3, -0.25) is 0 Å². The van der Waals surface area contributed by atoms with E-state index >= 15 is 0 Å². The summed E-state index contributed by atoms with van der Waals surface area (Å²) in [4.78, 5) is 0. The summed E-state index contributed by atoms with van der Waals surface area (Å²) in [6.45, 7) is 4.59. The summed E-state index contributed by atoms with van der Waals surface area (Å²) in [5, 5.41) is 1.40. The van der Waals surface area contributed by atoms with Gasteiger partial charge in [-0.1, -0.05) is 43.7 Å². The molecular weight excluding hydrogens is 270 g/mol. The van der Waals surface area contributed by atoms with Crippen LogP contribution in [0, 0.1) is 11.8 Å². The number of hydrogen-bond acceptors (Lipinski definition) is 1. The van der Waals surface area contributed by atoms with Gasteiger partial charge >= 0.3 is 0 Å². The predicted molar refractivity (Wildman–Crippen MR) is 93.1 cm³/mol. The van der Waals surface area contributed by atoms with Gasteiger partial charge in [-0.05, 0) is 36.8 Å². The second-order valence-corrected chi connectivity index (χ2v) is 6.85. The molecule has 1 aromatic heterocycles. The van der Waals surface area contributed by atoms with Crippen molar-refractivity contribution in [2.45, 2.75) is 39.2 Å². The molecule has 22 heavy (non-hydrogen) atoms. The fourth-order valence-electron chi connectivity index (χ4n) is 4.13. The molecule has 0 N–H and O–H groups in total. The first kappa shape index (κ1) is 15.4. The van der Waals surface area contributed by atoms with Crippen molar-refractivity contribution in [3.63, 3.8) is 0 Å². The van der Waals surface area contributed by atoms with Crippen LogP contribution < -0.4 is 0 Å². The van der Waals surface area contributed by atoms with Crippen molar-refractivity contribution in [2.24, 2.45) is 18.9 Å². The van der Waals surface area contributed by atoms with Crippen molar-refractivity contribution >= 4 is 10.9 Å². The third-order valence-electron chi connectivity index (χ3n) is 5.13. The highest BCUT2D eigenvalue weighted by atomic mass is 16.5. The Hall–Kier alpha value is -1.54. The SMILES string of the molecule is CO[C@@H]1[C@H](C)C=C(CCc2cn(C)c3ccccc23)C[C@@H]1C. The molecular formula is C20H27NO. The molecule has 0 bridgehead atoms. The van der Waals surface area contributed by atoms with Gasteiger partial charge in [-0.25, -0.2) is 0 Å². The molecule has 0 spiro atoms. The maximum Gasteiger partial charge on any atom is 0.0659 e. The summed E-state index contributed by atoms with van der Waals surface area (Å²) in [7, 11) is 3.98. The molecule has 0 saturated carbocycles. The average Bonchev–Trinajstić information content (AvgIpc) is 2.82. The Labute approximate surface area is 133 Å². The molecule has 0 amide bonds. The number of benzene rings is 1. The molecule has 3 atom stereocenters. The zero-order valence-electron chi connectivity index (χ0n) is 14.2. The van der Waals surface area contributed by atoms with Gasteiger partial charge in [-0.15, -0.1) is 0 Å². The summed E-state index contributed by atoms with van der Waals surface area (Å²) < 4.78 is 7.88. The van der Waals surface area contributed by atoms with E-state index < -0.39 is 0 Å². The van der Waals surface area contributed by atoms with Crippen LogP contribution in [0.2, 0.25) is 0 Å². The normalized spacial score (nSPS) is 25.5. The minimum absolute atomic E-state index is 0.376. The highest BCUT2D eigenvalue weighted by molar-refractivity contribution is 5.83. The van der Waals surface area contributed by atoms with Crippen LogP contribution in [0.1, 0.15) is 32.3 Å². The number of aryl methyl sites for hydroxylation is 2. The maximum atomic E-state index is 5.64. The number of fused-ring (bicyclic) bond motifs is 1. The molecule has 2 nitrogen and oxygen atoms in total. The van der Waals surface area contributed by atoms with Crippen molar-refractivity contribution in [2.75, 3.05) is 7.11 Å². The van der Waals surface area contributed by atoms with Crippen LogP contribution in [0.5, 0.6) is 0 Å². The van der Waals surface area contributed by atoms with E-state index in [1.807, 2.05) is 7.11 Å². The lowest BCUT2D eigenvalue weighted by atomic mass is 9.80. The van der Waals surface area contributed by atoms with Gasteiger partial charge in [0.15, 0.2) is 0 Å². The number of methoxy groups -OCH3 is 1. The molecule has 3 rings (SSSR count). The quantitative estimate of drug-likeness (QED) is 0.744. The van der Waals surface area contributed by atoms with Gasteiger partial charge < -0.3 is 9.30 Å². The Kier molecular flexibility index (Phi) is 4.39. The van der Waals surface area contributed by atoms with Gasteiger partial charge in [0.2, 0.25) is 0 Å². The number of hydrogen-bond donors (Lipinski definition) is 0. The molecule has 0 radical (unpaired) electrons. The van der Waals surface area contributed by atoms with Crippen molar-refractivity contribution in [3.05, 3.63) is 47.7 Å².